The summed E-state index contributed by atoms with van der Waals surface area (Å²) in [4.78, 5) is 108. The maximum atomic E-state index is 13.2. The number of carbonyl (C=O) groups excluding carboxylic acids is 2. The summed E-state index contributed by atoms with van der Waals surface area (Å²) in [5, 5.41) is 40.5. The number of aromatic nitrogens is 15. The van der Waals surface area contributed by atoms with Crippen molar-refractivity contribution in [1.82, 2.24) is 88.1 Å². The number of anilines is 5. The van der Waals surface area contributed by atoms with E-state index in [1.165, 1.54) is 40.2 Å². The van der Waals surface area contributed by atoms with Crippen LogP contribution in [0.25, 0.3) is 50.6 Å². The molecule has 3 saturated carbocycles. The van der Waals surface area contributed by atoms with Crippen LogP contribution in [0.1, 0.15) is 151 Å². The number of nitrogens with one attached hydrogen (secondary N) is 3. The minimum absolute atomic E-state index is 0. The van der Waals surface area contributed by atoms with Crippen LogP contribution in [-0.2, 0) is 84.2 Å². The number of rotatable bonds is 14. The summed E-state index contributed by atoms with van der Waals surface area (Å²) < 4.78 is 20.9. The number of ether oxygens (including phenoxy) is 2. The Balaban J connectivity index is 0.000000135. The summed E-state index contributed by atoms with van der Waals surface area (Å²) in [6.45, 7) is 22.4. The molecule has 612 valence electrons. The van der Waals surface area contributed by atoms with Crippen molar-refractivity contribution < 1.29 is 19.1 Å². The lowest BCUT2D eigenvalue weighted by Crippen LogP contribution is -2.39. The van der Waals surface area contributed by atoms with Crippen LogP contribution in [0.4, 0.5) is 38.5 Å². The number of thioether (sulfide) groups is 1. The van der Waals surface area contributed by atoms with Crippen molar-refractivity contribution >= 4 is 98.4 Å². The van der Waals surface area contributed by atoms with Gasteiger partial charge in [-0.1, -0.05) is 48.2 Å². The summed E-state index contributed by atoms with van der Waals surface area (Å²) in [5.41, 5.74) is 15.9. The Morgan fingerprint density at radius 2 is 0.882 bits per heavy atom. The predicted molar refractivity (Wildman–Crippen MR) is 455 cm³/mol. The van der Waals surface area contributed by atoms with E-state index in [9.17, 15) is 39.8 Å². The summed E-state index contributed by atoms with van der Waals surface area (Å²) in [7, 11) is 0. The van der Waals surface area contributed by atoms with Crippen molar-refractivity contribution in [3.05, 3.63) is 209 Å². The minimum Gasteiger partial charge on any atom is -0.444 e. The molecule has 3 aliphatic carbocycles. The van der Waals surface area contributed by atoms with E-state index in [1.54, 1.807) is 50.3 Å². The van der Waals surface area contributed by atoms with Gasteiger partial charge >= 0.3 is 12.2 Å². The van der Waals surface area contributed by atoms with Gasteiger partial charge < -0.3 is 41.0 Å². The second-order valence-electron chi connectivity index (χ2n) is 32.2. The highest BCUT2D eigenvalue weighted by atomic mass is 35.5. The molecule has 0 atom stereocenters. The van der Waals surface area contributed by atoms with Crippen molar-refractivity contribution in [3.8, 4) is 35.7 Å². The predicted octanol–water partition coefficient (Wildman–Crippen LogP) is 12.8. The highest BCUT2D eigenvalue weighted by Gasteiger charge is 2.48. The van der Waals surface area contributed by atoms with Gasteiger partial charge in [0, 0.05) is 88.0 Å². The maximum Gasteiger partial charge on any atom is 0.410 e. The highest BCUT2D eigenvalue weighted by Crippen LogP contribution is 2.49. The quantitative estimate of drug-likeness (QED) is 0.0446. The van der Waals surface area contributed by atoms with Gasteiger partial charge in [0.05, 0.1) is 51.5 Å². The first-order chi connectivity index (χ1) is 56.7. The summed E-state index contributed by atoms with van der Waals surface area (Å²) in [6, 6.07) is 42.0. The molecule has 119 heavy (non-hydrogen) atoms. The topological polar surface area (TPSA) is 389 Å². The number of nitriles is 3. The van der Waals surface area contributed by atoms with Crippen LogP contribution in [0.2, 0.25) is 0 Å². The number of hydrogen-bond donors (Lipinski definition) is 4. The van der Waals surface area contributed by atoms with Gasteiger partial charge in [-0.05, 0) is 239 Å². The van der Waals surface area contributed by atoms with Gasteiger partial charge in [-0.3, -0.25) is 14.4 Å². The van der Waals surface area contributed by atoms with E-state index in [2.05, 4.69) is 71.2 Å². The molecule has 3 aliphatic heterocycles. The molecule has 0 bridgehead atoms. The Bertz CT molecular complexity index is 6270. The fourth-order valence-electron chi connectivity index (χ4n) is 14.9. The number of pyridine rings is 3. The Kier molecular flexibility index (Phi) is 23.1. The third kappa shape index (κ3) is 17.1. The first-order valence-electron chi connectivity index (χ1n) is 39.7. The van der Waals surface area contributed by atoms with Gasteiger partial charge in [-0.25, -0.2) is 72.6 Å². The zero-order chi connectivity index (χ0) is 83.2. The lowest BCUT2D eigenvalue weighted by molar-refractivity contribution is 0.0214. The van der Waals surface area contributed by atoms with Gasteiger partial charge in [-0.2, -0.15) is 25.8 Å². The Hall–Kier alpha value is -12.8. The van der Waals surface area contributed by atoms with E-state index in [0.29, 0.717) is 119 Å². The molecule has 5 N–H and O–H groups in total. The van der Waals surface area contributed by atoms with Crippen molar-refractivity contribution in [1.29, 1.82) is 15.8 Å². The molecule has 3 fully saturated rings. The van der Waals surface area contributed by atoms with Gasteiger partial charge in [0.25, 0.3) is 16.7 Å². The Morgan fingerprint density at radius 3 is 1.27 bits per heavy atom. The molecule has 6 aliphatic rings. The number of amides is 2. The molecule has 0 radical (unpaired) electrons. The monoisotopic (exact) mass is 1640 g/mol. The second-order valence-corrected chi connectivity index (χ2v) is 32.9. The number of halogens is 1. The SMILES string of the molecule is CC(C)(C)OC(=O)N1CCc2ccc(N)cc2C1.CCn1c(=O)c2cnc(Nc3ccc4c(c3)CN(C(=O)OC(C)(C)C)CC4)nc2n1-c1cccc(C2(C#N)CC2)n1.CCn1c(=O)c2cnc(Nc3ccc4c(c3)CNCC4)nc2n1-c1cccc(C2(C#N)CC2)n1.CCn1c(=O)c2cnc(SC)nc2n1-c1cccc(C2(C#N)CC2)n1.Cl. The number of hydrogen-bond acceptors (Lipinski definition) is 24. The molecule has 18 rings (SSSR count). The zero-order valence-corrected chi connectivity index (χ0v) is 69.7. The third-order valence-electron chi connectivity index (χ3n) is 21.7. The molecule has 9 aromatic heterocycles. The average molecular weight is 1640 g/mol. The molecule has 2 amide bonds. The Labute approximate surface area is 696 Å². The fraction of sp³-hybridized carbons (Fsp3) is 0.384. The molecular weight excluding hydrogens is 1550 g/mol. The van der Waals surface area contributed by atoms with Gasteiger partial charge in [0.2, 0.25) is 11.9 Å². The number of fused-ring (bicyclic) bond motifs is 6. The number of benzene rings is 3. The van der Waals surface area contributed by atoms with E-state index in [-0.39, 0.29) is 41.3 Å². The normalized spacial score (nSPS) is 15.5. The van der Waals surface area contributed by atoms with Gasteiger partial charge in [0.1, 0.15) is 27.4 Å². The zero-order valence-electron chi connectivity index (χ0n) is 68.0. The number of nitrogens with zero attached hydrogens (tertiary/aromatic N) is 20. The van der Waals surface area contributed by atoms with E-state index in [0.717, 1.165) is 110 Å². The first-order valence-corrected chi connectivity index (χ1v) is 40.9. The largest absolute Gasteiger partial charge is 0.444 e. The Morgan fingerprint density at radius 1 is 0.504 bits per heavy atom. The summed E-state index contributed by atoms with van der Waals surface area (Å²) in [6.07, 6.45) is 13.4. The third-order valence-corrected chi connectivity index (χ3v) is 22.2. The molecule has 31 nitrogen and oxygen atoms in total. The molecule has 3 aromatic carbocycles. The number of carbonyl (C=O) groups is 2. The van der Waals surface area contributed by atoms with Gasteiger partial charge in [-0.15, -0.1) is 12.4 Å². The van der Waals surface area contributed by atoms with Crippen LogP contribution in [0, 0.1) is 34.0 Å². The molecule has 0 spiro atoms. The lowest BCUT2D eigenvalue weighted by Gasteiger charge is -2.31. The van der Waals surface area contributed by atoms with Crippen molar-refractivity contribution in [2.24, 2.45) is 0 Å². The highest BCUT2D eigenvalue weighted by molar-refractivity contribution is 7.98. The minimum atomic E-state index is -0.555. The van der Waals surface area contributed by atoms with E-state index in [4.69, 9.17) is 35.1 Å². The van der Waals surface area contributed by atoms with Crippen molar-refractivity contribution in [3.63, 3.8) is 0 Å². The molecule has 0 saturated heterocycles. The molecular formula is C86H93ClN24O7S. The number of nitrogens with two attached hydrogens (primary N) is 1. The lowest BCUT2D eigenvalue weighted by atomic mass is 9.99. The average Bonchev–Trinajstić information content (AvgIpc) is 1.60. The van der Waals surface area contributed by atoms with Crippen LogP contribution in [0.15, 0.2) is 147 Å². The maximum absolute atomic E-state index is 13.2. The standard InChI is InChI=1S/C30H32N8O3.C25H24N8O.C17H16N6OS.C14H20N2O2.ClH/c1-5-37-26(39)22-16-32-27(35-25(22)38(37)24-8-6-7-23(34-24)30(18-31)12-13-30)33-21-10-9-19-11-14-36(17-20(19)15-21)28(40)41-29(2,3)4;1-2-32-23(34)19-14-28-24(29-18-7-6-16-8-11-27-13-17(16)12-18)31-22(19)33(32)21-5-3-4-20(30-21)25(15-26)9-10-25;1-3-22-15(24)11-9-19-16(25-2)21-14(11)23(22)13-6-4-5-12(20-13)17(10-18)7-8-17;1-14(2,3)18-13(17)16-7-6-10-4-5-12(15)8-11(10)9-16;/h6-10,15-16H,5,11-14,17H2,1-4H3,(H,32,33,35);3-7,12,14,27H,2,8-11,13H2,1H3,(H,28,29,31);4-6,9H,3,7-8H2,1-2H3;4-5,8H,6-7,9,15H2,1-3H3;1H. The van der Waals surface area contributed by atoms with E-state index >= 15 is 0 Å². The van der Waals surface area contributed by atoms with E-state index in [1.807, 2.05) is 166 Å². The molecule has 0 unspecified atom stereocenters. The number of nitrogen functional groups attached to an aromatic ring is 1. The van der Waals surface area contributed by atoms with Crippen molar-refractivity contribution in [2.45, 2.75) is 192 Å². The first kappa shape index (κ1) is 82.7. The van der Waals surface area contributed by atoms with Gasteiger partial charge in [0.15, 0.2) is 39.6 Å². The van der Waals surface area contributed by atoms with Crippen LogP contribution >= 0.6 is 24.2 Å². The molecule has 12 aromatic rings. The van der Waals surface area contributed by atoms with Crippen LogP contribution in [-0.4, -0.2) is 132 Å². The van der Waals surface area contributed by atoms with E-state index < -0.39 is 27.4 Å². The fourth-order valence-corrected chi connectivity index (χ4v) is 15.2. The van der Waals surface area contributed by atoms with Crippen LogP contribution in [0.5, 0.6) is 0 Å². The summed E-state index contributed by atoms with van der Waals surface area (Å²) in [5.74, 6) is 2.42. The molecule has 33 heteroatoms. The molecule has 12 heterocycles. The van der Waals surface area contributed by atoms with Crippen LogP contribution in [0.3, 0.4) is 0 Å². The summed E-state index contributed by atoms with van der Waals surface area (Å²) >= 11 is 1.42. The van der Waals surface area contributed by atoms with Crippen LogP contribution < -0.4 is 38.4 Å². The van der Waals surface area contributed by atoms with Crippen molar-refractivity contribution in [2.75, 3.05) is 42.3 Å². The second kappa shape index (κ2) is 33.3. The smallest absolute Gasteiger partial charge is 0.410 e.